The SMILES string of the molecule is COC(CNC(=O)Nc1cc(F)ccc1Br)C(=O)O. The number of hydrogen-bond acceptors (Lipinski definition) is 3. The van der Waals surface area contributed by atoms with Gasteiger partial charge in [-0.2, -0.15) is 0 Å². The highest BCUT2D eigenvalue weighted by atomic mass is 79.9. The number of halogens is 2. The van der Waals surface area contributed by atoms with E-state index in [1.165, 1.54) is 19.2 Å². The topological polar surface area (TPSA) is 87.7 Å². The lowest BCUT2D eigenvalue weighted by molar-refractivity contribution is -0.147. The van der Waals surface area contributed by atoms with Gasteiger partial charge in [0.1, 0.15) is 5.82 Å². The molecule has 1 aromatic carbocycles. The van der Waals surface area contributed by atoms with E-state index in [1.807, 2.05) is 0 Å². The van der Waals surface area contributed by atoms with E-state index in [0.29, 0.717) is 4.47 Å². The first-order valence-electron chi connectivity index (χ1n) is 5.19. The summed E-state index contributed by atoms with van der Waals surface area (Å²) in [6.07, 6.45) is -1.14. The number of nitrogens with one attached hydrogen (secondary N) is 2. The van der Waals surface area contributed by atoms with Gasteiger partial charge < -0.3 is 20.5 Å². The Morgan fingerprint density at radius 3 is 2.79 bits per heavy atom. The molecule has 3 N–H and O–H groups in total. The lowest BCUT2D eigenvalue weighted by Crippen LogP contribution is -2.39. The quantitative estimate of drug-likeness (QED) is 0.766. The molecule has 0 radical (unpaired) electrons. The van der Waals surface area contributed by atoms with E-state index in [-0.39, 0.29) is 12.2 Å². The van der Waals surface area contributed by atoms with Gasteiger partial charge in [-0.25, -0.2) is 14.0 Å². The van der Waals surface area contributed by atoms with Gasteiger partial charge in [0.2, 0.25) is 0 Å². The summed E-state index contributed by atoms with van der Waals surface area (Å²) < 4.78 is 18.1. The van der Waals surface area contributed by atoms with E-state index in [9.17, 15) is 14.0 Å². The molecule has 8 heteroatoms. The third kappa shape index (κ3) is 4.84. The van der Waals surface area contributed by atoms with Gasteiger partial charge in [0.15, 0.2) is 6.10 Å². The van der Waals surface area contributed by atoms with Crippen molar-refractivity contribution < 1.29 is 23.8 Å². The van der Waals surface area contributed by atoms with Crippen molar-refractivity contribution in [1.29, 1.82) is 0 Å². The van der Waals surface area contributed by atoms with E-state index in [2.05, 4.69) is 31.3 Å². The molecule has 0 aromatic heterocycles. The van der Waals surface area contributed by atoms with Crippen LogP contribution in [0.3, 0.4) is 0 Å². The summed E-state index contributed by atoms with van der Waals surface area (Å²) in [5.74, 6) is -1.69. The van der Waals surface area contributed by atoms with Crippen molar-refractivity contribution >= 4 is 33.6 Å². The number of anilines is 1. The van der Waals surface area contributed by atoms with E-state index in [4.69, 9.17) is 5.11 Å². The zero-order chi connectivity index (χ0) is 14.4. The van der Waals surface area contributed by atoms with Crippen LogP contribution in [0.5, 0.6) is 0 Å². The highest BCUT2D eigenvalue weighted by Gasteiger charge is 2.17. The Morgan fingerprint density at radius 2 is 2.21 bits per heavy atom. The predicted molar refractivity (Wildman–Crippen MR) is 69.6 cm³/mol. The number of carbonyl (C=O) groups excluding carboxylic acids is 1. The molecule has 104 valence electrons. The van der Waals surface area contributed by atoms with Crippen LogP contribution in [0.4, 0.5) is 14.9 Å². The van der Waals surface area contributed by atoms with Crippen molar-refractivity contribution in [3.05, 3.63) is 28.5 Å². The Hall–Kier alpha value is -1.67. The Balaban J connectivity index is 2.56. The van der Waals surface area contributed by atoms with Crippen LogP contribution in [0.2, 0.25) is 0 Å². The van der Waals surface area contributed by atoms with Gasteiger partial charge in [0.25, 0.3) is 0 Å². The Bertz CT molecular complexity index is 484. The van der Waals surface area contributed by atoms with E-state index in [1.54, 1.807) is 0 Å². The molecule has 1 atom stereocenters. The standard InChI is InChI=1S/C11H12BrFN2O4/c1-19-9(10(16)17)5-14-11(18)15-8-4-6(13)2-3-7(8)12/h2-4,9H,5H2,1H3,(H,16,17)(H2,14,15,18). The van der Waals surface area contributed by atoms with Crippen LogP contribution in [0.15, 0.2) is 22.7 Å². The second kappa shape index (κ2) is 7.05. The molecule has 2 amide bonds. The van der Waals surface area contributed by atoms with Gasteiger partial charge in [-0.3, -0.25) is 0 Å². The average Bonchev–Trinajstić information content (AvgIpc) is 2.34. The van der Waals surface area contributed by atoms with Crippen LogP contribution >= 0.6 is 15.9 Å². The molecule has 1 rings (SSSR count). The second-order valence-electron chi connectivity index (χ2n) is 3.52. The number of carboxylic acid groups (broad SMARTS) is 1. The molecule has 0 heterocycles. The van der Waals surface area contributed by atoms with Crippen molar-refractivity contribution in [1.82, 2.24) is 5.32 Å². The molecule has 0 saturated carbocycles. The average molecular weight is 335 g/mol. The van der Waals surface area contributed by atoms with Gasteiger partial charge >= 0.3 is 12.0 Å². The van der Waals surface area contributed by atoms with E-state index in [0.717, 1.165) is 6.07 Å². The summed E-state index contributed by atoms with van der Waals surface area (Å²) in [6, 6.07) is 3.16. The number of methoxy groups -OCH3 is 1. The molecule has 1 unspecified atom stereocenters. The van der Waals surface area contributed by atoms with Crippen LogP contribution < -0.4 is 10.6 Å². The summed E-state index contributed by atoms with van der Waals surface area (Å²) in [6.45, 7) is -0.204. The predicted octanol–water partition coefficient (Wildman–Crippen LogP) is 1.81. The molecule has 0 aliphatic carbocycles. The third-order valence-corrected chi connectivity index (χ3v) is 2.88. The van der Waals surface area contributed by atoms with Gasteiger partial charge in [-0.05, 0) is 34.1 Å². The fourth-order valence-electron chi connectivity index (χ4n) is 1.22. The molecule has 0 bridgehead atoms. The maximum absolute atomic E-state index is 13.0. The monoisotopic (exact) mass is 334 g/mol. The number of carboxylic acids is 1. The first kappa shape index (κ1) is 15.4. The number of benzene rings is 1. The number of rotatable bonds is 5. The highest BCUT2D eigenvalue weighted by Crippen LogP contribution is 2.22. The lowest BCUT2D eigenvalue weighted by Gasteiger charge is -2.13. The Kier molecular flexibility index (Phi) is 5.71. The van der Waals surface area contributed by atoms with Crippen molar-refractivity contribution in [3.63, 3.8) is 0 Å². The highest BCUT2D eigenvalue weighted by molar-refractivity contribution is 9.10. The summed E-state index contributed by atoms with van der Waals surface area (Å²) in [5, 5.41) is 13.4. The normalized spacial score (nSPS) is 11.7. The molecule has 0 spiro atoms. The smallest absolute Gasteiger partial charge is 0.334 e. The van der Waals surface area contributed by atoms with Gasteiger partial charge in [-0.1, -0.05) is 0 Å². The summed E-state index contributed by atoms with van der Waals surface area (Å²) in [7, 11) is 1.22. The van der Waals surface area contributed by atoms with Gasteiger partial charge in [-0.15, -0.1) is 0 Å². The van der Waals surface area contributed by atoms with E-state index < -0.39 is 23.9 Å². The molecule has 1 aromatic rings. The van der Waals surface area contributed by atoms with Crippen molar-refractivity contribution in [2.24, 2.45) is 0 Å². The molecule has 19 heavy (non-hydrogen) atoms. The van der Waals surface area contributed by atoms with Crippen molar-refractivity contribution in [3.8, 4) is 0 Å². The molecule has 0 aliphatic heterocycles. The largest absolute Gasteiger partial charge is 0.479 e. The first-order valence-corrected chi connectivity index (χ1v) is 5.99. The minimum Gasteiger partial charge on any atom is -0.479 e. The number of urea groups is 1. The van der Waals surface area contributed by atoms with Gasteiger partial charge in [0.05, 0.1) is 12.2 Å². The minimum atomic E-state index is -1.19. The van der Waals surface area contributed by atoms with Crippen molar-refractivity contribution in [2.75, 3.05) is 19.0 Å². The number of hydrogen-bond donors (Lipinski definition) is 3. The third-order valence-electron chi connectivity index (χ3n) is 2.18. The van der Waals surface area contributed by atoms with Crippen LogP contribution in [0, 0.1) is 5.82 Å². The maximum Gasteiger partial charge on any atom is 0.334 e. The van der Waals surface area contributed by atoms with Crippen molar-refractivity contribution in [2.45, 2.75) is 6.10 Å². The van der Waals surface area contributed by atoms with Crippen LogP contribution in [0.1, 0.15) is 0 Å². The number of carbonyl (C=O) groups is 2. The Labute approximate surface area is 117 Å². The molecular formula is C11H12BrFN2O4. The molecule has 6 nitrogen and oxygen atoms in total. The fourth-order valence-corrected chi connectivity index (χ4v) is 1.56. The van der Waals surface area contributed by atoms with Gasteiger partial charge in [0, 0.05) is 11.6 Å². The summed E-state index contributed by atoms with van der Waals surface area (Å²) in [5.41, 5.74) is 0.238. The zero-order valence-corrected chi connectivity index (χ0v) is 11.5. The maximum atomic E-state index is 13.0. The lowest BCUT2D eigenvalue weighted by atomic mass is 10.3. The number of ether oxygens (including phenoxy) is 1. The Morgan fingerprint density at radius 1 is 1.53 bits per heavy atom. The number of amides is 2. The summed E-state index contributed by atoms with van der Waals surface area (Å²) >= 11 is 3.15. The van der Waals surface area contributed by atoms with Crippen LogP contribution in [-0.2, 0) is 9.53 Å². The number of aliphatic carboxylic acids is 1. The first-order chi connectivity index (χ1) is 8.93. The summed E-state index contributed by atoms with van der Waals surface area (Å²) in [4.78, 5) is 22.2. The van der Waals surface area contributed by atoms with E-state index >= 15 is 0 Å². The second-order valence-corrected chi connectivity index (χ2v) is 4.38. The molecule has 0 saturated heterocycles. The zero-order valence-electron chi connectivity index (χ0n) is 9.94. The molecule has 0 aliphatic rings. The fraction of sp³-hybridized carbons (Fsp3) is 0.273. The minimum absolute atomic E-state index is 0.204. The molecular weight excluding hydrogens is 323 g/mol. The van der Waals surface area contributed by atoms with Crippen LogP contribution in [-0.4, -0.2) is 36.9 Å². The van der Waals surface area contributed by atoms with Crippen LogP contribution in [0.25, 0.3) is 0 Å². The molecule has 0 fully saturated rings.